The zero-order chi connectivity index (χ0) is 26.9. The topological polar surface area (TPSA) is 53.5 Å². The normalized spacial score (nSPS) is 11.9. The summed E-state index contributed by atoms with van der Waals surface area (Å²) in [7, 11) is 0. The average Bonchev–Trinajstić information content (AvgIpc) is 3.40. The largest absolute Gasteiger partial charge is 2.00 e. The Bertz CT molecular complexity index is 1030. The van der Waals surface area contributed by atoms with Gasteiger partial charge in [0.1, 0.15) is 0 Å². The van der Waals surface area contributed by atoms with E-state index in [0.717, 1.165) is 40.5 Å². The van der Waals surface area contributed by atoms with Crippen molar-refractivity contribution < 1.29 is 17.1 Å². The monoisotopic (exact) mass is 531 g/mol. The Morgan fingerprint density at radius 3 is 1.03 bits per heavy atom. The summed E-state index contributed by atoms with van der Waals surface area (Å²) < 4.78 is 5.96. The molecule has 7 heteroatoms. The third kappa shape index (κ3) is 7.04. The van der Waals surface area contributed by atoms with Crippen molar-refractivity contribution in [2.24, 2.45) is 0 Å². The fourth-order valence-electron chi connectivity index (χ4n) is 3.40. The average molecular weight is 532 g/mol. The van der Waals surface area contributed by atoms with Gasteiger partial charge in [0, 0.05) is 16.2 Å². The Kier molecular flexibility index (Phi) is 9.87. The van der Waals surface area contributed by atoms with Crippen LogP contribution in [0.5, 0.6) is 0 Å². The van der Waals surface area contributed by atoms with Crippen LogP contribution in [-0.4, -0.2) is 29.3 Å². The molecule has 0 aliphatic rings. The predicted octanol–water partition coefficient (Wildman–Crippen LogP) is 6.64. The third-order valence-corrected chi connectivity index (χ3v) is 5.67. The van der Waals surface area contributed by atoms with Crippen LogP contribution in [0.4, 0.5) is 0 Å². The number of rotatable bonds is 4. The number of hydrogen-bond acceptors (Lipinski definition) is 3. The molecule has 0 amide bonds. The van der Waals surface area contributed by atoms with Gasteiger partial charge < -0.3 is 0 Å². The van der Waals surface area contributed by atoms with Crippen LogP contribution in [-0.2, 0) is 33.3 Å². The van der Waals surface area contributed by atoms with Crippen LogP contribution in [0.25, 0.3) is 0 Å². The van der Waals surface area contributed by atoms with Crippen LogP contribution < -0.4 is 0 Å². The zero-order valence-corrected chi connectivity index (χ0v) is 25.4. The Morgan fingerprint density at radius 2 is 0.889 bits per heavy atom. The molecule has 0 atom stereocenters. The van der Waals surface area contributed by atoms with E-state index in [2.05, 4.69) is 108 Å². The van der Waals surface area contributed by atoms with E-state index < -0.39 is 0 Å². The van der Waals surface area contributed by atoms with Crippen LogP contribution in [0.15, 0.2) is 36.9 Å². The van der Waals surface area contributed by atoms with E-state index in [4.69, 9.17) is 21.9 Å². The Balaban J connectivity index is 0.00000120. The van der Waals surface area contributed by atoms with E-state index in [9.17, 15) is 0 Å². The molecule has 0 spiro atoms. The van der Waals surface area contributed by atoms with E-state index in [1.807, 2.05) is 14.0 Å². The van der Waals surface area contributed by atoms with Crippen LogP contribution in [0.3, 0.4) is 0 Å². The fourth-order valence-corrected chi connectivity index (χ4v) is 3.40. The van der Waals surface area contributed by atoms with E-state index in [1.54, 1.807) is 0 Å². The maximum absolute atomic E-state index is 5.02. The van der Waals surface area contributed by atoms with E-state index in [-0.39, 0.29) is 33.3 Å². The molecule has 36 heavy (non-hydrogen) atoms. The molecular formula is C29H44MnN6. The van der Waals surface area contributed by atoms with Gasteiger partial charge in [-0.1, -0.05) is 101 Å². The Morgan fingerprint density at radius 1 is 0.667 bits per heavy atom. The minimum Gasteiger partial charge on any atom is -0.293 e. The molecule has 1 radical (unpaired) electrons. The Labute approximate surface area is 229 Å². The number of hydrogen-bond donors (Lipinski definition) is 0. The van der Waals surface area contributed by atoms with Crippen LogP contribution in [0, 0.1) is 33.6 Å². The molecule has 3 heterocycles. The van der Waals surface area contributed by atoms with Crippen molar-refractivity contribution in [3.8, 4) is 0 Å². The van der Waals surface area contributed by atoms with Crippen LogP contribution in [0.1, 0.15) is 96.5 Å². The van der Waals surface area contributed by atoms with Crippen molar-refractivity contribution in [2.45, 2.75) is 99.3 Å². The molecule has 0 aromatic carbocycles. The minimum absolute atomic E-state index is 0. The van der Waals surface area contributed by atoms with Gasteiger partial charge in [0.2, 0.25) is 0 Å². The summed E-state index contributed by atoms with van der Waals surface area (Å²) in [5, 5.41) is 15.1. The van der Waals surface area contributed by atoms with Crippen molar-refractivity contribution in [3.05, 3.63) is 84.0 Å². The van der Waals surface area contributed by atoms with Gasteiger partial charge in [-0.05, 0) is 17.1 Å². The van der Waals surface area contributed by atoms with Gasteiger partial charge >= 0.3 is 17.1 Å². The quantitative estimate of drug-likeness (QED) is 0.215. The standard InChI is InChI=1S/C25H39N6.C4H5.Mn/c1-16-13-19(23(4,5)6)26-29(16)22(30-17(2)14-20(27-30)24(7,8)9)31-18(3)15-21(28-31)25(10,11)12;1-3-4-2;/h13-15H,1-12H3;1,3-4H,2H2;/q2*-1;+2. The van der Waals surface area contributed by atoms with Crippen molar-refractivity contribution in [1.82, 2.24) is 29.3 Å². The van der Waals surface area contributed by atoms with Gasteiger partial charge in [-0.2, -0.15) is 21.9 Å². The first-order valence-corrected chi connectivity index (χ1v) is 12.2. The van der Waals surface area contributed by atoms with Crippen LogP contribution in [0.2, 0.25) is 0 Å². The van der Waals surface area contributed by atoms with Crippen LogP contribution >= 0.6 is 0 Å². The molecule has 0 unspecified atom stereocenters. The number of aryl methyl sites for hydroxylation is 3. The van der Waals surface area contributed by atoms with Crippen molar-refractivity contribution >= 4 is 0 Å². The summed E-state index contributed by atoms with van der Waals surface area (Å²) >= 11 is 0. The maximum Gasteiger partial charge on any atom is 2.00 e. The molecule has 0 saturated carbocycles. The maximum atomic E-state index is 5.02. The second kappa shape index (κ2) is 11.3. The first kappa shape index (κ1) is 31.5. The molecule has 3 rings (SSSR count). The van der Waals surface area contributed by atoms with Crippen molar-refractivity contribution in [1.29, 1.82) is 0 Å². The summed E-state index contributed by atoms with van der Waals surface area (Å²) in [5.74, 6) is 0. The minimum atomic E-state index is -0.0490. The van der Waals surface area contributed by atoms with Crippen molar-refractivity contribution in [3.63, 3.8) is 0 Å². The first-order valence-electron chi connectivity index (χ1n) is 12.2. The van der Waals surface area contributed by atoms with Gasteiger partial charge in [0.05, 0.1) is 17.1 Å². The van der Waals surface area contributed by atoms with E-state index in [1.165, 1.54) is 12.2 Å². The second-order valence-corrected chi connectivity index (χ2v) is 12.2. The summed E-state index contributed by atoms with van der Waals surface area (Å²) in [6.45, 7) is 34.0. The number of nitrogens with zero attached hydrogens (tertiary/aromatic N) is 6. The molecule has 0 bridgehead atoms. The fraction of sp³-hybridized carbons (Fsp3) is 0.517. The van der Waals surface area contributed by atoms with Gasteiger partial charge in [0.25, 0.3) is 0 Å². The molecule has 0 saturated heterocycles. The molecule has 0 aliphatic heterocycles. The zero-order valence-electron chi connectivity index (χ0n) is 24.2. The van der Waals surface area contributed by atoms with Gasteiger partial charge in [0.15, 0.2) is 6.29 Å². The summed E-state index contributed by atoms with van der Waals surface area (Å²) in [5.41, 5.74) is 6.15. The molecule has 197 valence electrons. The third-order valence-electron chi connectivity index (χ3n) is 5.67. The molecule has 0 N–H and O–H groups in total. The van der Waals surface area contributed by atoms with E-state index in [0.29, 0.717) is 0 Å². The molecule has 3 aromatic heterocycles. The molecule has 6 nitrogen and oxygen atoms in total. The molecular weight excluding hydrogens is 487 g/mol. The smallest absolute Gasteiger partial charge is 0.293 e. The Hall–Kier alpha value is -2.50. The number of aromatic nitrogens is 6. The molecule has 0 fully saturated rings. The first-order chi connectivity index (χ1) is 15.9. The molecule has 3 aromatic rings. The van der Waals surface area contributed by atoms with Gasteiger partial charge in [-0.3, -0.25) is 20.6 Å². The summed E-state index contributed by atoms with van der Waals surface area (Å²) in [6.07, 6.45) is 3.73. The predicted molar refractivity (Wildman–Crippen MR) is 145 cm³/mol. The van der Waals surface area contributed by atoms with Gasteiger partial charge in [-0.25, -0.2) is 12.2 Å². The number of allylic oxidation sites excluding steroid dienone is 2. The van der Waals surface area contributed by atoms with Gasteiger partial charge in [-0.15, -0.1) is 0 Å². The summed E-state index contributed by atoms with van der Waals surface area (Å²) in [6, 6.07) is 6.48. The molecule has 0 aliphatic carbocycles. The van der Waals surface area contributed by atoms with E-state index >= 15 is 0 Å². The van der Waals surface area contributed by atoms with Crippen molar-refractivity contribution in [2.75, 3.05) is 0 Å². The summed E-state index contributed by atoms with van der Waals surface area (Å²) in [4.78, 5) is 0. The second-order valence-electron chi connectivity index (χ2n) is 12.2. The SMILES string of the molecule is Cc1cc(C(C)(C)C)nn1[C-](n1nc(C(C)(C)C)cc1C)n1nc(C(C)(C)C)cc1C.[CH-]=CC=C.[Mn+2].